The molecule has 0 saturated carbocycles. The molecular weight excluding hydrogens is 543 g/mol. The van der Waals surface area contributed by atoms with Crippen molar-refractivity contribution < 1.29 is 34.8 Å². The zero-order valence-electron chi connectivity index (χ0n) is 18.5. The van der Waals surface area contributed by atoms with E-state index in [1.54, 1.807) is 0 Å². The molecule has 0 aromatic heterocycles. The quantitative estimate of drug-likeness (QED) is 0.418. The van der Waals surface area contributed by atoms with Crippen molar-refractivity contribution in [3.63, 3.8) is 0 Å². The summed E-state index contributed by atoms with van der Waals surface area (Å²) in [6, 6.07) is 14.3. The molecular formula is C22H19ClF3N3O5S2. The highest BCUT2D eigenvalue weighted by atomic mass is 35.5. The van der Waals surface area contributed by atoms with Crippen molar-refractivity contribution in [2.75, 3.05) is 27.1 Å². The van der Waals surface area contributed by atoms with Gasteiger partial charge in [0.05, 0.1) is 22.4 Å². The lowest BCUT2D eigenvalue weighted by Crippen LogP contribution is -2.37. The number of carbonyl (C=O) groups excluding carboxylic acids is 1. The molecule has 192 valence electrons. The molecule has 14 heteroatoms. The van der Waals surface area contributed by atoms with Crippen molar-refractivity contribution in [3.8, 4) is 0 Å². The van der Waals surface area contributed by atoms with Gasteiger partial charge in [0.2, 0.25) is 15.9 Å². The minimum atomic E-state index is -4.64. The first kappa shape index (κ1) is 27.3. The van der Waals surface area contributed by atoms with Gasteiger partial charge in [0, 0.05) is 16.4 Å². The second-order valence-corrected chi connectivity index (χ2v) is 11.5. The van der Waals surface area contributed by atoms with E-state index in [0.717, 1.165) is 34.8 Å². The average molecular weight is 562 g/mol. The maximum atomic E-state index is 12.9. The number of rotatable bonds is 8. The van der Waals surface area contributed by atoms with Crippen molar-refractivity contribution in [2.45, 2.75) is 11.1 Å². The second kappa shape index (κ2) is 10.4. The topological polar surface area (TPSA) is 113 Å². The summed E-state index contributed by atoms with van der Waals surface area (Å²) >= 11 is 5.82. The third-order valence-corrected chi connectivity index (χ3v) is 7.48. The second-order valence-electron chi connectivity index (χ2n) is 7.50. The lowest BCUT2D eigenvalue weighted by Gasteiger charge is -2.22. The summed E-state index contributed by atoms with van der Waals surface area (Å²) in [5.41, 5.74) is -0.894. The summed E-state index contributed by atoms with van der Waals surface area (Å²) in [7, 11) is -8.04. The normalized spacial score (nSPS) is 12.1. The molecule has 1 amide bonds. The lowest BCUT2D eigenvalue weighted by atomic mass is 10.2. The standard InChI is InChI=1S/C22H19ClF3N3O5S2/c1-35(31,32)29(19-9-5-16(23)6-10-19)14-21(30)27-17-7-11-20(12-8-17)36(33,34)28-18-4-2-3-15(13-18)22(24,25)26/h2-13,28H,14H2,1H3,(H,27,30). The van der Waals surface area contributed by atoms with Crippen LogP contribution in [0.25, 0.3) is 0 Å². The lowest BCUT2D eigenvalue weighted by molar-refractivity contribution is -0.137. The molecule has 0 aliphatic heterocycles. The van der Waals surface area contributed by atoms with E-state index in [0.29, 0.717) is 11.1 Å². The van der Waals surface area contributed by atoms with Crippen LogP contribution in [0, 0.1) is 0 Å². The number of hydrogen-bond donors (Lipinski definition) is 2. The van der Waals surface area contributed by atoms with Gasteiger partial charge in [-0.2, -0.15) is 13.2 Å². The molecule has 8 nitrogen and oxygen atoms in total. The van der Waals surface area contributed by atoms with E-state index >= 15 is 0 Å². The van der Waals surface area contributed by atoms with Crippen LogP contribution in [0.2, 0.25) is 5.02 Å². The van der Waals surface area contributed by atoms with E-state index in [1.165, 1.54) is 42.5 Å². The van der Waals surface area contributed by atoms with Crippen LogP contribution < -0.4 is 14.3 Å². The summed E-state index contributed by atoms with van der Waals surface area (Å²) in [6.07, 6.45) is -3.70. The number of alkyl halides is 3. The van der Waals surface area contributed by atoms with E-state index in [1.807, 2.05) is 0 Å². The SMILES string of the molecule is CS(=O)(=O)N(CC(=O)Nc1ccc(S(=O)(=O)Nc2cccc(C(F)(F)F)c2)cc1)c1ccc(Cl)cc1. The van der Waals surface area contributed by atoms with Crippen LogP contribution in [-0.4, -0.2) is 35.5 Å². The Morgan fingerprint density at radius 2 is 1.53 bits per heavy atom. The Hall–Kier alpha value is -3.29. The first-order chi connectivity index (χ1) is 16.6. The summed E-state index contributed by atoms with van der Waals surface area (Å²) in [5, 5.41) is 2.85. The van der Waals surface area contributed by atoms with Gasteiger partial charge >= 0.3 is 6.18 Å². The molecule has 3 aromatic carbocycles. The number of anilines is 3. The van der Waals surface area contributed by atoms with Gasteiger partial charge in [-0.15, -0.1) is 0 Å². The number of benzene rings is 3. The number of nitrogens with one attached hydrogen (secondary N) is 2. The molecule has 3 rings (SSSR count). The van der Waals surface area contributed by atoms with Crippen LogP contribution in [-0.2, 0) is 31.0 Å². The summed E-state index contributed by atoms with van der Waals surface area (Å²) in [5.74, 6) is -0.701. The molecule has 0 saturated heterocycles. The Balaban J connectivity index is 1.71. The maximum Gasteiger partial charge on any atom is 0.416 e. The van der Waals surface area contributed by atoms with Crippen molar-refractivity contribution in [1.29, 1.82) is 0 Å². The number of amides is 1. The van der Waals surface area contributed by atoms with Crippen molar-refractivity contribution in [2.24, 2.45) is 0 Å². The average Bonchev–Trinajstić information content (AvgIpc) is 2.77. The molecule has 0 bridgehead atoms. The predicted molar refractivity (Wildman–Crippen MR) is 131 cm³/mol. The van der Waals surface area contributed by atoms with Crippen LogP contribution in [0.15, 0.2) is 77.7 Å². The molecule has 3 aromatic rings. The van der Waals surface area contributed by atoms with Crippen LogP contribution in [0.1, 0.15) is 5.56 Å². The van der Waals surface area contributed by atoms with Gasteiger partial charge in [-0.3, -0.25) is 13.8 Å². The van der Waals surface area contributed by atoms with Crippen LogP contribution in [0.4, 0.5) is 30.2 Å². The molecule has 2 N–H and O–H groups in total. The number of hydrogen-bond acceptors (Lipinski definition) is 5. The molecule has 36 heavy (non-hydrogen) atoms. The van der Waals surface area contributed by atoms with Gasteiger partial charge in [0.15, 0.2) is 0 Å². The number of halogens is 4. The van der Waals surface area contributed by atoms with Crippen LogP contribution in [0.3, 0.4) is 0 Å². The van der Waals surface area contributed by atoms with E-state index < -0.39 is 44.2 Å². The summed E-state index contributed by atoms with van der Waals surface area (Å²) in [4.78, 5) is 12.2. The monoisotopic (exact) mass is 561 g/mol. The first-order valence-corrected chi connectivity index (χ1v) is 13.7. The highest BCUT2D eigenvalue weighted by molar-refractivity contribution is 7.92. The predicted octanol–water partition coefficient (Wildman–Crippen LogP) is 4.56. The molecule has 0 heterocycles. The zero-order valence-corrected chi connectivity index (χ0v) is 20.8. The van der Waals surface area contributed by atoms with Gasteiger partial charge in [-0.1, -0.05) is 17.7 Å². The summed E-state index contributed by atoms with van der Waals surface area (Å²) < 4.78 is 91.0. The third kappa shape index (κ3) is 7.12. The number of carbonyl (C=O) groups is 1. The van der Waals surface area contributed by atoms with Crippen molar-refractivity contribution >= 4 is 54.6 Å². The van der Waals surface area contributed by atoms with Gasteiger partial charge in [0.25, 0.3) is 10.0 Å². The smallest absolute Gasteiger partial charge is 0.325 e. The fourth-order valence-electron chi connectivity index (χ4n) is 3.03. The molecule has 0 aliphatic rings. The highest BCUT2D eigenvalue weighted by Gasteiger charge is 2.30. The maximum absolute atomic E-state index is 12.9. The molecule has 0 spiro atoms. The molecule has 0 aliphatic carbocycles. The Bertz CT molecular complexity index is 1460. The molecule has 0 fully saturated rings. The van der Waals surface area contributed by atoms with Crippen LogP contribution >= 0.6 is 11.6 Å². The summed E-state index contributed by atoms with van der Waals surface area (Å²) in [6.45, 7) is -0.558. The van der Waals surface area contributed by atoms with E-state index in [-0.39, 0.29) is 22.0 Å². The Kier molecular flexibility index (Phi) is 7.86. The molecule has 0 atom stereocenters. The van der Waals surface area contributed by atoms with Crippen molar-refractivity contribution in [3.05, 3.63) is 83.4 Å². The van der Waals surface area contributed by atoms with Gasteiger partial charge in [0.1, 0.15) is 6.54 Å². The largest absolute Gasteiger partial charge is 0.416 e. The Morgan fingerprint density at radius 1 is 0.917 bits per heavy atom. The minimum absolute atomic E-state index is 0.169. The Morgan fingerprint density at radius 3 is 2.08 bits per heavy atom. The highest BCUT2D eigenvalue weighted by Crippen LogP contribution is 2.31. The molecule has 0 unspecified atom stereocenters. The fourth-order valence-corrected chi connectivity index (χ4v) is 5.06. The van der Waals surface area contributed by atoms with Gasteiger partial charge in [-0.25, -0.2) is 16.8 Å². The van der Waals surface area contributed by atoms with E-state index in [4.69, 9.17) is 11.6 Å². The van der Waals surface area contributed by atoms with Crippen molar-refractivity contribution in [1.82, 2.24) is 0 Å². The number of sulfonamides is 2. The Labute approximate surface area is 210 Å². The van der Waals surface area contributed by atoms with Crippen LogP contribution in [0.5, 0.6) is 0 Å². The molecule has 0 radical (unpaired) electrons. The number of nitrogens with zero attached hydrogens (tertiary/aromatic N) is 1. The van der Waals surface area contributed by atoms with E-state index in [2.05, 4.69) is 10.0 Å². The van der Waals surface area contributed by atoms with Gasteiger partial charge < -0.3 is 5.32 Å². The zero-order chi connectivity index (χ0) is 26.7. The third-order valence-electron chi connectivity index (χ3n) is 4.69. The van der Waals surface area contributed by atoms with E-state index in [9.17, 15) is 34.8 Å². The first-order valence-electron chi connectivity index (χ1n) is 9.98. The fraction of sp³-hybridized carbons (Fsp3) is 0.136. The van der Waals surface area contributed by atoms with Gasteiger partial charge in [-0.05, 0) is 66.7 Å². The minimum Gasteiger partial charge on any atom is -0.325 e.